The Bertz CT molecular complexity index is 388. The van der Waals surface area contributed by atoms with Crippen LogP contribution in [-0.4, -0.2) is 27.5 Å². The Labute approximate surface area is 115 Å². The molecule has 17 heavy (non-hydrogen) atoms. The molecule has 1 N–H and O–H groups in total. The van der Waals surface area contributed by atoms with E-state index >= 15 is 0 Å². The molecule has 94 valence electrons. The fourth-order valence-electron chi connectivity index (χ4n) is 1.99. The Morgan fingerprint density at radius 1 is 1.47 bits per heavy atom. The minimum atomic E-state index is 0.434. The van der Waals surface area contributed by atoms with Crippen LogP contribution < -0.4 is 5.32 Å². The van der Waals surface area contributed by atoms with Gasteiger partial charge in [0.15, 0.2) is 0 Å². The summed E-state index contributed by atoms with van der Waals surface area (Å²) in [5, 5.41) is 3.45. The highest BCUT2D eigenvalue weighted by Gasteiger charge is 2.35. The van der Waals surface area contributed by atoms with Gasteiger partial charge in [0.2, 0.25) is 0 Å². The number of rotatable bonds is 5. The molecule has 3 nitrogen and oxygen atoms in total. The fraction of sp³-hybridized carbons (Fsp3) is 0.667. The van der Waals surface area contributed by atoms with Crippen molar-refractivity contribution < 1.29 is 0 Å². The molecule has 0 radical (unpaired) electrons. The van der Waals surface area contributed by atoms with Gasteiger partial charge in [-0.05, 0) is 35.0 Å². The number of nitrogens with zero attached hydrogens (tertiary/aromatic N) is 2. The Morgan fingerprint density at radius 2 is 2.24 bits per heavy atom. The zero-order chi connectivity index (χ0) is 12.3. The molecule has 0 aromatic carbocycles. The van der Waals surface area contributed by atoms with Crippen molar-refractivity contribution in [2.75, 3.05) is 18.1 Å². The monoisotopic (exact) mass is 315 g/mol. The van der Waals surface area contributed by atoms with Gasteiger partial charge in [0, 0.05) is 23.8 Å². The minimum absolute atomic E-state index is 0.434. The molecular formula is C12H18BrN3S. The number of hydrogen-bond donors (Lipinski definition) is 1. The second-order valence-electron chi connectivity index (χ2n) is 4.44. The molecular weight excluding hydrogens is 298 g/mol. The molecule has 0 bridgehead atoms. The maximum atomic E-state index is 4.49. The molecule has 0 amide bonds. The van der Waals surface area contributed by atoms with Gasteiger partial charge in [-0.3, -0.25) is 0 Å². The third kappa shape index (κ3) is 3.13. The van der Waals surface area contributed by atoms with Gasteiger partial charge < -0.3 is 5.32 Å². The van der Waals surface area contributed by atoms with E-state index in [9.17, 15) is 0 Å². The van der Waals surface area contributed by atoms with Crippen molar-refractivity contribution in [3.05, 3.63) is 16.5 Å². The lowest BCUT2D eigenvalue weighted by atomic mass is 9.84. The van der Waals surface area contributed by atoms with Crippen molar-refractivity contribution >= 4 is 33.5 Å². The number of hydrogen-bond acceptors (Lipinski definition) is 4. The summed E-state index contributed by atoms with van der Waals surface area (Å²) in [5.74, 6) is 1.82. The number of thioether (sulfide) groups is 1. The molecule has 0 aliphatic heterocycles. The Morgan fingerprint density at radius 3 is 2.76 bits per heavy atom. The molecule has 0 atom stereocenters. The van der Waals surface area contributed by atoms with Crippen LogP contribution in [0.1, 0.15) is 32.0 Å². The van der Waals surface area contributed by atoms with Gasteiger partial charge in [-0.25, -0.2) is 9.97 Å². The van der Waals surface area contributed by atoms with E-state index in [4.69, 9.17) is 0 Å². The Hall–Kier alpha value is -0.290. The molecule has 1 heterocycles. The lowest BCUT2D eigenvalue weighted by Gasteiger charge is -2.40. The van der Waals surface area contributed by atoms with E-state index < -0.39 is 0 Å². The Balaban J connectivity index is 2.01. The van der Waals surface area contributed by atoms with Gasteiger partial charge in [0.25, 0.3) is 0 Å². The van der Waals surface area contributed by atoms with Crippen LogP contribution in [0.4, 0.5) is 5.82 Å². The van der Waals surface area contributed by atoms with Gasteiger partial charge in [0.05, 0.1) is 0 Å². The summed E-state index contributed by atoms with van der Waals surface area (Å²) in [7, 11) is 0. The maximum absolute atomic E-state index is 4.49. The second-order valence-corrected chi connectivity index (χ2v) is 6.53. The molecule has 2 rings (SSSR count). The first-order chi connectivity index (χ1) is 8.17. The minimum Gasteiger partial charge on any atom is -0.369 e. The number of halogens is 1. The smallest absolute Gasteiger partial charge is 0.131 e. The van der Waals surface area contributed by atoms with Crippen LogP contribution in [0.3, 0.4) is 0 Å². The van der Waals surface area contributed by atoms with E-state index in [1.54, 1.807) is 0 Å². The average molecular weight is 316 g/mol. The summed E-state index contributed by atoms with van der Waals surface area (Å²) in [6, 6.07) is 1.95. The van der Waals surface area contributed by atoms with E-state index in [1.165, 1.54) is 19.3 Å². The largest absolute Gasteiger partial charge is 0.369 e. The number of anilines is 1. The van der Waals surface area contributed by atoms with E-state index in [1.807, 2.05) is 17.8 Å². The molecule has 1 fully saturated rings. The lowest BCUT2D eigenvalue weighted by Crippen LogP contribution is -2.40. The van der Waals surface area contributed by atoms with Crippen LogP contribution in [0.5, 0.6) is 0 Å². The van der Waals surface area contributed by atoms with E-state index in [0.29, 0.717) is 4.75 Å². The Kier molecular flexibility index (Phi) is 4.31. The fourth-order valence-corrected chi connectivity index (χ4v) is 3.32. The van der Waals surface area contributed by atoms with Gasteiger partial charge >= 0.3 is 0 Å². The van der Waals surface area contributed by atoms with Crippen LogP contribution in [0.25, 0.3) is 0 Å². The van der Waals surface area contributed by atoms with Crippen molar-refractivity contribution in [3.63, 3.8) is 0 Å². The van der Waals surface area contributed by atoms with E-state index in [0.717, 1.165) is 29.2 Å². The first-order valence-corrected chi connectivity index (χ1v) is 8.02. The van der Waals surface area contributed by atoms with Gasteiger partial charge in [-0.15, -0.1) is 0 Å². The molecule has 0 saturated heterocycles. The van der Waals surface area contributed by atoms with Crippen molar-refractivity contribution in [1.82, 2.24) is 9.97 Å². The first-order valence-electron chi connectivity index (χ1n) is 6.00. The summed E-state index contributed by atoms with van der Waals surface area (Å²) < 4.78 is 1.29. The predicted molar refractivity (Wildman–Crippen MR) is 77.7 cm³/mol. The topological polar surface area (TPSA) is 37.8 Å². The quantitative estimate of drug-likeness (QED) is 0.844. The predicted octanol–water partition coefficient (Wildman–Crippen LogP) is 3.50. The van der Waals surface area contributed by atoms with E-state index in [2.05, 4.69) is 44.4 Å². The zero-order valence-electron chi connectivity index (χ0n) is 10.3. The maximum Gasteiger partial charge on any atom is 0.131 e. The van der Waals surface area contributed by atoms with Crippen LogP contribution in [0, 0.1) is 0 Å². The van der Waals surface area contributed by atoms with Gasteiger partial charge in [-0.1, -0.05) is 13.3 Å². The zero-order valence-corrected chi connectivity index (χ0v) is 12.7. The SMILES string of the molecule is CCc1nc(Br)cc(NCC2(SC)CCC2)n1. The standard InChI is InChI=1S/C12H18BrN3S/c1-3-10-15-9(13)7-11(16-10)14-8-12(17-2)5-4-6-12/h7H,3-6,8H2,1-2H3,(H,14,15,16). The van der Waals surface area contributed by atoms with Crippen molar-refractivity contribution in [2.24, 2.45) is 0 Å². The van der Waals surface area contributed by atoms with Crippen molar-refractivity contribution in [1.29, 1.82) is 0 Å². The van der Waals surface area contributed by atoms with Crippen molar-refractivity contribution in [2.45, 2.75) is 37.4 Å². The van der Waals surface area contributed by atoms with Crippen LogP contribution in [-0.2, 0) is 6.42 Å². The summed E-state index contributed by atoms with van der Waals surface area (Å²) >= 11 is 5.40. The molecule has 1 saturated carbocycles. The number of nitrogens with one attached hydrogen (secondary N) is 1. The summed E-state index contributed by atoms with van der Waals surface area (Å²) in [4.78, 5) is 8.80. The molecule has 0 unspecified atom stereocenters. The number of aryl methyl sites for hydroxylation is 1. The van der Waals surface area contributed by atoms with Crippen molar-refractivity contribution in [3.8, 4) is 0 Å². The molecule has 0 spiro atoms. The molecule has 1 aromatic rings. The third-order valence-corrected chi connectivity index (χ3v) is 5.17. The van der Waals surface area contributed by atoms with Crippen LogP contribution in [0.2, 0.25) is 0 Å². The highest BCUT2D eigenvalue weighted by molar-refractivity contribution is 9.10. The highest BCUT2D eigenvalue weighted by Crippen LogP contribution is 2.42. The summed E-state index contributed by atoms with van der Waals surface area (Å²) in [5.41, 5.74) is 0. The highest BCUT2D eigenvalue weighted by atomic mass is 79.9. The summed E-state index contributed by atoms with van der Waals surface area (Å²) in [6.07, 6.45) is 7.05. The molecule has 1 aliphatic rings. The second kappa shape index (κ2) is 5.57. The molecule has 1 aromatic heterocycles. The van der Waals surface area contributed by atoms with Crippen LogP contribution >= 0.6 is 27.7 Å². The van der Waals surface area contributed by atoms with Crippen LogP contribution in [0.15, 0.2) is 10.7 Å². The van der Waals surface area contributed by atoms with Gasteiger partial charge in [-0.2, -0.15) is 11.8 Å². The lowest BCUT2D eigenvalue weighted by molar-refractivity contribution is 0.379. The number of aromatic nitrogens is 2. The molecule has 1 aliphatic carbocycles. The molecule has 5 heteroatoms. The van der Waals surface area contributed by atoms with Gasteiger partial charge in [0.1, 0.15) is 16.2 Å². The first kappa shape index (κ1) is 13.1. The third-order valence-electron chi connectivity index (χ3n) is 3.35. The normalized spacial score (nSPS) is 17.6. The summed E-state index contributed by atoms with van der Waals surface area (Å²) in [6.45, 7) is 3.07. The van der Waals surface area contributed by atoms with E-state index in [-0.39, 0.29) is 0 Å². The average Bonchev–Trinajstić information content (AvgIpc) is 2.27.